The molecule has 0 spiro atoms. The third-order valence-corrected chi connectivity index (χ3v) is 9.95. The molecule has 0 fully saturated rings. The van der Waals surface area contributed by atoms with E-state index in [0.717, 1.165) is 11.7 Å². The lowest BCUT2D eigenvalue weighted by molar-refractivity contribution is -0.134. The Balaban J connectivity index is 1.98. The topological polar surface area (TPSA) is 26.3 Å². The maximum Gasteiger partial charge on any atom is 0.330 e. The highest BCUT2D eigenvalue weighted by Crippen LogP contribution is 2.55. The average Bonchev–Trinajstić information content (AvgIpc) is 2.89. The quantitative estimate of drug-likeness (QED) is 0.163. The molecule has 0 radical (unpaired) electrons. The zero-order chi connectivity index (χ0) is 24.2. The summed E-state index contributed by atoms with van der Waals surface area (Å²) in [5, 5.41) is 4.14. The fraction of sp³-hybridized carbons (Fsp3) is 0.129. The van der Waals surface area contributed by atoms with Crippen molar-refractivity contribution in [1.29, 1.82) is 0 Å². The first-order chi connectivity index (χ1) is 16.6. The van der Waals surface area contributed by atoms with Crippen molar-refractivity contribution in [2.45, 2.75) is 13.8 Å². The Labute approximate surface area is 204 Å². The number of methoxy groups -OCH3 is 1. The lowest BCUT2D eigenvalue weighted by atomic mass is 10.2. The molecular formula is C31H32O2P+. The molecule has 0 saturated heterocycles. The average molecular weight is 468 g/mol. The van der Waals surface area contributed by atoms with Crippen LogP contribution < -0.4 is 15.9 Å². The third-order valence-electron chi connectivity index (χ3n) is 5.68. The maximum atomic E-state index is 11.3. The normalized spacial score (nSPS) is 12.9. The van der Waals surface area contributed by atoms with Gasteiger partial charge in [-0.25, -0.2) is 4.79 Å². The van der Waals surface area contributed by atoms with Gasteiger partial charge in [0.15, 0.2) is 0 Å². The molecule has 0 aliphatic carbocycles. The molecule has 0 unspecified atom stereocenters. The minimum absolute atomic E-state index is 0.351. The lowest BCUT2D eigenvalue weighted by Crippen LogP contribution is -2.33. The predicted molar refractivity (Wildman–Crippen MR) is 148 cm³/mol. The maximum absolute atomic E-state index is 11.3. The Hall–Kier alpha value is -3.48. The number of benzene rings is 3. The number of hydrogen-bond acceptors (Lipinski definition) is 2. The van der Waals surface area contributed by atoms with Crippen LogP contribution in [-0.4, -0.2) is 19.2 Å². The van der Waals surface area contributed by atoms with Crippen LogP contribution in [0.2, 0.25) is 0 Å². The molecule has 34 heavy (non-hydrogen) atoms. The Morgan fingerprint density at radius 2 is 1.18 bits per heavy atom. The fourth-order valence-corrected chi connectivity index (χ4v) is 7.97. The van der Waals surface area contributed by atoms with Crippen LogP contribution in [0.4, 0.5) is 0 Å². The van der Waals surface area contributed by atoms with Crippen LogP contribution in [0.3, 0.4) is 0 Å². The molecule has 3 aromatic rings. The van der Waals surface area contributed by atoms with E-state index in [2.05, 4.69) is 115 Å². The van der Waals surface area contributed by atoms with Crippen molar-refractivity contribution in [3.05, 3.63) is 139 Å². The number of carbonyl (C=O) groups excluding carboxylic acids is 1. The number of rotatable bonds is 9. The Kier molecular flexibility index (Phi) is 9.38. The largest absolute Gasteiger partial charge is 0.466 e. The molecule has 3 rings (SSSR count). The van der Waals surface area contributed by atoms with E-state index in [4.69, 9.17) is 0 Å². The highest BCUT2D eigenvalue weighted by Gasteiger charge is 2.44. The van der Waals surface area contributed by atoms with Gasteiger partial charge in [0, 0.05) is 6.08 Å². The second-order valence-corrected chi connectivity index (χ2v) is 11.6. The minimum atomic E-state index is -1.87. The van der Waals surface area contributed by atoms with Crippen molar-refractivity contribution in [1.82, 2.24) is 0 Å². The molecule has 0 aliphatic heterocycles. The van der Waals surface area contributed by atoms with Crippen molar-refractivity contribution in [3.8, 4) is 0 Å². The van der Waals surface area contributed by atoms with Crippen molar-refractivity contribution >= 4 is 29.1 Å². The molecule has 2 nitrogen and oxygen atoms in total. The lowest BCUT2D eigenvalue weighted by Gasteiger charge is -2.26. The van der Waals surface area contributed by atoms with E-state index in [9.17, 15) is 4.79 Å². The standard InChI is InChI=1S/C31H32O2P/c1-26(22-23-31(32)33-3)14-13-15-27(2)24-25-34(28-16-7-4-8-17-28,29-18-9-5-10-19-29)30-20-11-6-12-21-30/h4-24H,25H2,1-3H3/q+1/b15-13+,23-22+,26-14+,27-24+. The highest BCUT2D eigenvalue weighted by molar-refractivity contribution is 7.95. The fourth-order valence-electron chi connectivity index (χ4n) is 3.83. The van der Waals surface area contributed by atoms with Gasteiger partial charge in [-0.05, 0) is 56.3 Å². The van der Waals surface area contributed by atoms with Gasteiger partial charge < -0.3 is 4.74 Å². The van der Waals surface area contributed by atoms with Crippen molar-refractivity contribution in [2.75, 3.05) is 13.3 Å². The molecule has 0 N–H and O–H groups in total. The zero-order valence-corrected chi connectivity index (χ0v) is 21.0. The van der Waals surface area contributed by atoms with Gasteiger partial charge in [-0.2, -0.15) is 0 Å². The molecule has 0 saturated carbocycles. The van der Waals surface area contributed by atoms with E-state index in [1.807, 2.05) is 19.1 Å². The summed E-state index contributed by atoms with van der Waals surface area (Å²) >= 11 is 0. The molecule has 0 heterocycles. The van der Waals surface area contributed by atoms with Gasteiger partial charge >= 0.3 is 5.97 Å². The van der Waals surface area contributed by atoms with Gasteiger partial charge in [0.1, 0.15) is 23.2 Å². The third kappa shape index (κ3) is 6.53. The van der Waals surface area contributed by atoms with Crippen LogP contribution in [0.5, 0.6) is 0 Å². The molecule has 0 amide bonds. The number of allylic oxidation sites excluding steroid dienone is 7. The van der Waals surface area contributed by atoms with Crippen LogP contribution in [0.15, 0.2) is 139 Å². The predicted octanol–water partition coefficient (Wildman–Crippen LogP) is 6.16. The summed E-state index contributed by atoms with van der Waals surface area (Å²) < 4.78 is 4.64. The second-order valence-electron chi connectivity index (χ2n) is 8.07. The first kappa shape index (κ1) is 25.1. The van der Waals surface area contributed by atoms with Crippen molar-refractivity contribution in [3.63, 3.8) is 0 Å². The van der Waals surface area contributed by atoms with E-state index in [0.29, 0.717) is 0 Å². The monoisotopic (exact) mass is 467 g/mol. The second kappa shape index (κ2) is 12.7. The summed E-state index contributed by atoms with van der Waals surface area (Å²) in [6, 6.07) is 32.7. The van der Waals surface area contributed by atoms with E-state index in [-0.39, 0.29) is 5.97 Å². The number of carbonyl (C=O) groups is 1. The van der Waals surface area contributed by atoms with Crippen LogP contribution in [0.1, 0.15) is 13.8 Å². The van der Waals surface area contributed by atoms with E-state index < -0.39 is 7.26 Å². The van der Waals surface area contributed by atoms with Crippen LogP contribution in [0.25, 0.3) is 0 Å². The summed E-state index contributed by atoms with van der Waals surface area (Å²) in [6.07, 6.45) is 12.6. The summed E-state index contributed by atoms with van der Waals surface area (Å²) in [6.45, 7) is 4.10. The molecular weight excluding hydrogens is 435 g/mol. The molecule has 0 aromatic heterocycles. The Morgan fingerprint density at radius 1 is 0.706 bits per heavy atom. The smallest absolute Gasteiger partial charge is 0.330 e. The van der Waals surface area contributed by atoms with Gasteiger partial charge in [0.25, 0.3) is 0 Å². The van der Waals surface area contributed by atoms with Crippen LogP contribution in [-0.2, 0) is 9.53 Å². The SMILES string of the molecule is COC(=O)/C=C/C(C)=C/C=C/C(C)=C/C[P+](c1ccccc1)(c1ccccc1)c1ccccc1. The molecule has 0 bridgehead atoms. The van der Waals surface area contributed by atoms with Crippen molar-refractivity contribution < 1.29 is 9.53 Å². The van der Waals surface area contributed by atoms with Gasteiger partial charge in [-0.1, -0.05) is 90.0 Å². The first-order valence-corrected chi connectivity index (χ1v) is 13.4. The number of esters is 1. The number of hydrogen-bond donors (Lipinski definition) is 0. The minimum Gasteiger partial charge on any atom is -0.466 e. The highest BCUT2D eigenvalue weighted by atomic mass is 31.2. The van der Waals surface area contributed by atoms with E-state index in [1.54, 1.807) is 6.08 Å². The zero-order valence-electron chi connectivity index (χ0n) is 20.1. The first-order valence-electron chi connectivity index (χ1n) is 11.4. The molecule has 3 heteroatoms. The van der Waals surface area contributed by atoms with Crippen LogP contribution >= 0.6 is 7.26 Å². The van der Waals surface area contributed by atoms with Gasteiger partial charge in [0.05, 0.1) is 13.3 Å². The van der Waals surface area contributed by atoms with E-state index >= 15 is 0 Å². The summed E-state index contributed by atoms with van der Waals surface area (Å²) in [7, 11) is -0.494. The van der Waals surface area contributed by atoms with Crippen LogP contribution in [0, 0.1) is 0 Å². The van der Waals surface area contributed by atoms with E-state index in [1.165, 1.54) is 34.7 Å². The van der Waals surface area contributed by atoms with Gasteiger partial charge in [0.2, 0.25) is 0 Å². The number of ether oxygens (including phenoxy) is 1. The summed E-state index contributed by atoms with van der Waals surface area (Å²) in [5.74, 6) is -0.351. The molecule has 3 aromatic carbocycles. The summed E-state index contributed by atoms with van der Waals surface area (Å²) in [5.41, 5.74) is 2.18. The Bertz CT molecular complexity index is 1080. The summed E-state index contributed by atoms with van der Waals surface area (Å²) in [4.78, 5) is 11.3. The van der Waals surface area contributed by atoms with Crippen molar-refractivity contribution in [2.24, 2.45) is 0 Å². The molecule has 172 valence electrons. The molecule has 0 atom stereocenters. The van der Waals surface area contributed by atoms with Gasteiger partial charge in [-0.3, -0.25) is 0 Å². The Morgan fingerprint density at radius 3 is 1.62 bits per heavy atom. The van der Waals surface area contributed by atoms with Gasteiger partial charge in [-0.15, -0.1) is 0 Å². The molecule has 0 aliphatic rings.